The summed E-state index contributed by atoms with van der Waals surface area (Å²) in [5.41, 5.74) is -0.932. The van der Waals surface area contributed by atoms with Gasteiger partial charge in [0.2, 0.25) is 0 Å². The number of carbonyl (C=O) groups is 6. The van der Waals surface area contributed by atoms with Crippen LogP contribution in [0.3, 0.4) is 0 Å². The third kappa shape index (κ3) is 69.3. The van der Waals surface area contributed by atoms with E-state index < -0.39 is 35.8 Å². The normalized spacial score (nSPS) is 11.5. The van der Waals surface area contributed by atoms with E-state index in [4.69, 9.17) is 121 Å². The molecule has 0 aliphatic rings. The Hall–Kier alpha value is -11.0. The standard InChI is InChI=1S/C22H30N4O8.C18H30N2O4.C16H26N2O4.C14H22N2O4.C12H18N2O4/c23-17-19(3-1-5-25(7-11-27)8-12-28)21(31)33-15-16-34-22(32)20(18-24)4-2-6-26(9-13-29)10-14-30;1-2-3-4-5-6-7-15-24-18(23)17(16-19)9-8-10-20(11-13-21)12-14-22;1-2-3-4-5-13-22-16(21)15(14-17)7-6-8-18(9-11-19)10-12-20;1-2-3-11-20-14(19)13(12-15)5-4-6-16(7-9-17)8-10-18;1-2-18-12(17)11(10-13)4-3-5-14(6-8-15)7-9-16/h1-6,27-30H,7-16H2;8-10,21-22H,2-7,11-15H2,1H3;6-8,19-20H,2-5,9-13H2,1H3;4-6,17-18H,2-3,7-11H2,1H3;3-5,15-16H,2,6-9H2,1H3/b5-1+,6-2+,19-3+,20-4+;10-8+,17-9-;8-6+,15-7-;6-4+,13-5-;5-3+,11-4-. The molecule has 0 spiro atoms. The lowest BCUT2D eigenvalue weighted by molar-refractivity contribution is -0.146. The van der Waals surface area contributed by atoms with Crippen molar-refractivity contribution in [1.82, 2.24) is 29.4 Å². The lowest BCUT2D eigenvalue weighted by Gasteiger charge is -2.16. The van der Waals surface area contributed by atoms with Gasteiger partial charge in [0.05, 0.1) is 106 Å². The average Bonchev–Trinajstić information content (AvgIpc) is 0.955. The Balaban J connectivity index is -0.000000460. The Morgan fingerprint density at radius 2 is 0.398 bits per heavy atom. The van der Waals surface area contributed by atoms with Gasteiger partial charge in [0.25, 0.3) is 0 Å². The fourth-order valence-electron chi connectivity index (χ4n) is 8.49. The van der Waals surface area contributed by atoms with E-state index in [1.54, 1.807) is 85.4 Å². The van der Waals surface area contributed by atoms with Gasteiger partial charge in [-0.15, -0.1) is 0 Å². The van der Waals surface area contributed by atoms with Crippen molar-refractivity contribution < 1.29 is 118 Å². The summed E-state index contributed by atoms with van der Waals surface area (Å²) < 4.78 is 29.5. The Morgan fingerprint density at radius 1 is 0.237 bits per heavy atom. The maximum Gasteiger partial charge on any atom is 0.349 e. The van der Waals surface area contributed by atoms with Gasteiger partial charge in [-0.05, 0) is 136 Å². The molecular formula is C82H126N12O24. The molecule has 36 nitrogen and oxygen atoms in total. The van der Waals surface area contributed by atoms with Gasteiger partial charge < -0.3 is 119 Å². The highest BCUT2D eigenvalue weighted by Gasteiger charge is 2.16. The minimum Gasteiger partial charge on any atom is -0.462 e. The van der Waals surface area contributed by atoms with Crippen LogP contribution in [0.1, 0.15) is 105 Å². The summed E-state index contributed by atoms with van der Waals surface area (Å²) in [5, 5.41) is 160. The molecule has 0 fully saturated rings. The van der Waals surface area contributed by atoms with Crippen molar-refractivity contribution in [3.05, 3.63) is 144 Å². The average molecular weight is 1660 g/mol. The van der Waals surface area contributed by atoms with Gasteiger partial charge in [-0.3, -0.25) is 0 Å². The zero-order valence-corrected chi connectivity index (χ0v) is 68.7. The molecule has 0 aliphatic heterocycles. The van der Waals surface area contributed by atoms with Crippen molar-refractivity contribution in [2.45, 2.75) is 105 Å². The molecule has 0 aromatic heterocycles. The number of allylic oxidation sites excluding steroid dienone is 12. The van der Waals surface area contributed by atoms with Gasteiger partial charge in [-0.25, -0.2) is 28.8 Å². The molecule has 0 aliphatic carbocycles. The highest BCUT2D eigenvalue weighted by Crippen LogP contribution is 2.09. The van der Waals surface area contributed by atoms with E-state index in [9.17, 15) is 28.8 Å². The molecule has 36 heteroatoms. The summed E-state index contributed by atoms with van der Waals surface area (Å²) in [5.74, 6) is -4.43. The molecule has 12 N–H and O–H groups in total. The minimum absolute atomic E-state index is 0.0422. The number of carbonyl (C=O) groups excluding carboxylic acids is 6. The Bertz CT molecular complexity index is 3240. The van der Waals surface area contributed by atoms with Gasteiger partial charge in [0, 0.05) is 78.5 Å². The van der Waals surface area contributed by atoms with E-state index in [1.807, 2.05) is 19.1 Å². The zero-order valence-electron chi connectivity index (χ0n) is 68.7. The molecule has 118 heavy (non-hydrogen) atoms. The number of unbranched alkanes of at least 4 members (excludes halogenated alkanes) is 9. The second kappa shape index (κ2) is 88.3. The SMILES string of the molecule is CCCCCCCCOC(=O)/C(C#N)=C\C=C\N(CCO)CCO.CCCCCCOC(=O)/C(C#N)=C\C=C\N(CCO)CCO.CCCCOC(=O)/C(C#N)=C\C=C\N(CCO)CCO.CCOC(=O)/C(C#N)=C\C=C\N(CCO)CCO.N#C/C(=C\C=C\N(CCO)CCO)C(=O)OCCOC(=O)/C(C#N)=C/C=C/N(CCO)CCO. The van der Waals surface area contributed by atoms with E-state index in [0.29, 0.717) is 72.2 Å². The monoisotopic (exact) mass is 1660 g/mol. The number of aliphatic hydroxyl groups excluding tert-OH is 12. The van der Waals surface area contributed by atoms with E-state index >= 15 is 0 Å². The van der Waals surface area contributed by atoms with Crippen molar-refractivity contribution in [3.8, 4) is 36.4 Å². The summed E-state index contributed by atoms with van der Waals surface area (Å²) in [6.45, 7) is 11.5. The fraction of sp³-hybridized carbons (Fsp3) is 0.561. The quantitative estimate of drug-likeness (QED) is 0.0104. The number of esters is 6. The lowest BCUT2D eigenvalue weighted by atomic mass is 10.1. The van der Waals surface area contributed by atoms with E-state index in [1.165, 1.54) is 105 Å². The van der Waals surface area contributed by atoms with Gasteiger partial charge in [0.15, 0.2) is 0 Å². The largest absolute Gasteiger partial charge is 0.462 e. The third-order valence-electron chi connectivity index (χ3n) is 14.6. The molecule has 0 heterocycles. The van der Waals surface area contributed by atoms with Gasteiger partial charge in [-0.1, -0.05) is 78.6 Å². The first-order chi connectivity index (χ1) is 57.2. The summed E-state index contributed by atoms with van der Waals surface area (Å²) in [6, 6.07) is 10.5. The lowest BCUT2D eigenvalue weighted by Crippen LogP contribution is -2.24. The maximum atomic E-state index is 12.0. The second-order valence-corrected chi connectivity index (χ2v) is 23.7. The summed E-state index contributed by atoms with van der Waals surface area (Å²) in [7, 11) is 0. The van der Waals surface area contributed by atoms with Crippen molar-refractivity contribution in [3.63, 3.8) is 0 Å². The molecule has 0 aromatic carbocycles. The van der Waals surface area contributed by atoms with Gasteiger partial charge in [0.1, 0.15) is 83.1 Å². The molecule has 0 rings (SSSR count). The van der Waals surface area contributed by atoms with Crippen LogP contribution in [0.15, 0.2) is 144 Å². The second-order valence-electron chi connectivity index (χ2n) is 23.7. The Morgan fingerprint density at radius 3 is 0.576 bits per heavy atom. The zero-order chi connectivity index (χ0) is 89.3. The van der Waals surface area contributed by atoms with Crippen LogP contribution in [0.5, 0.6) is 0 Å². The third-order valence-corrected chi connectivity index (χ3v) is 14.6. The van der Waals surface area contributed by atoms with E-state index in [0.717, 1.165) is 57.8 Å². The molecule has 0 radical (unpaired) electrons. The first kappa shape index (κ1) is 116. The van der Waals surface area contributed by atoms with Crippen LogP contribution in [0.2, 0.25) is 0 Å². The number of hydrogen-bond acceptors (Lipinski definition) is 36. The highest BCUT2D eigenvalue weighted by molar-refractivity contribution is 5.95. The molecule has 0 bridgehead atoms. The van der Waals surface area contributed by atoms with Crippen molar-refractivity contribution in [2.75, 3.05) is 197 Å². The number of aliphatic hydroxyl groups is 12. The first-order valence-electron chi connectivity index (χ1n) is 38.7. The van der Waals surface area contributed by atoms with Crippen LogP contribution in [0.25, 0.3) is 0 Å². The van der Waals surface area contributed by atoms with Crippen molar-refractivity contribution >= 4 is 35.8 Å². The number of nitrogens with zero attached hydrogens (tertiary/aromatic N) is 12. The van der Waals surface area contributed by atoms with Gasteiger partial charge in [-0.2, -0.15) is 31.6 Å². The minimum atomic E-state index is -0.939. The van der Waals surface area contributed by atoms with Crippen molar-refractivity contribution in [2.24, 2.45) is 0 Å². The molecule has 0 amide bonds. The van der Waals surface area contributed by atoms with Crippen LogP contribution in [-0.2, 0) is 57.2 Å². The van der Waals surface area contributed by atoms with Crippen LogP contribution in [0.4, 0.5) is 0 Å². The van der Waals surface area contributed by atoms with Gasteiger partial charge >= 0.3 is 35.8 Å². The Labute approximate surface area is 694 Å². The predicted octanol–water partition coefficient (Wildman–Crippen LogP) is 2.45. The van der Waals surface area contributed by atoms with E-state index in [2.05, 4.69) is 13.8 Å². The highest BCUT2D eigenvalue weighted by atomic mass is 16.6. The van der Waals surface area contributed by atoms with E-state index in [-0.39, 0.29) is 159 Å². The number of nitriles is 6. The molecule has 0 aromatic rings. The molecule has 0 saturated heterocycles. The molecule has 0 unspecified atom stereocenters. The van der Waals surface area contributed by atoms with Crippen LogP contribution >= 0.6 is 0 Å². The number of rotatable bonds is 61. The Kier molecular flexibility index (Phi) is 86.5. The summed E-state index contributed by atoms with van der Waals surface area (Å²) >= 11 is 0. The topological polar surface area (TPSA) is 563 Å². The van der Waals surface area contributed by atoms with Crippen LogP contribution in [0, 0.1) is 68.0 Å². The fourth-order valence-corrected chi connectivity index (χ4v) is 8.49. The molecule has 658 valence electrons. The predicted molar refractivity (Wildman–Crippen MR) is 435 cm³/mol. The summed E-state index contributed by atoms with van der Waals surface area (Å²) in [4.78, 5) is 80.1. The van der Waals surface area contributed by atoms with Crippen LogP contribution in [-0.4, -0.2) is 324 Å². The maximum absolute atomic E-state index is 12.0. The van der Waals surface area contributed by atoms with Crippen LogP contribution < -0.4 is 0 Å². The number of ether oxygens (including phenoxy) is 6. The molecular weight excluding hydrogens is 1540 g/mol. The summed E-state index contributed by atoms with van der Waals surface area (Å²) in [6.07, 6.45) is 38.4. The molecule has 0 atom stereocenters. The molecule has 0 saturated carbocycles. The first-order valence-corrected chi connectivity index (χ1v) is 38.7. The van der Waals surface area contributed by atoms with Crippen molar-refractivity contribution in [1.29, 1.82) is 31.6 Å². The number of hydrogen-bond donors (Lipinski definition) is 12. The smallest absolute Gasteiger partial charge is 0.349 e.